The number of aryl methyl sites for hydroxylation is 1. The Morgan fingerprint density at radius 1 is 0.882 bits per heavy atom. The maximum Gasteiger partial charge on any atom is 0.126 e. The molecule has 0 N–H and O–H groups in total. The van der Waals surface area contributed by atoms with Gasteiger partial charge >= 0.3 is 0 Å². The van der Waals surface area contributed by atoms with Gasteiger partial charge in [-0.15, -0.1) is 0 Å². The van der Waals surface area contributed by atoms with Gasteiger partial charge in [-0.25, -0.2) is 9.97 Å². The van der Waals surface area contributed by atoms with Crippen LogP contribution in [0.3, 0.4) is 0 Å². The molecule has 82 valence electrons. The van der Waals surface area contributed by atoms with Gasteiger partial charge in [-0.3, -0.25) is 4.98 Å². The van der Waals surface area contributed by atoms with Crippen molar-refractivity contribution in [2.75, 3.05) is 0 Å². The van der Waals surface area contributed by atoms with Gasteiger partial charge in [0.05, 0.1) is 5.52 Å². The SMILES string of the molecule is Cc1nc(-c2ccccc2)c2ncccc2n1. The van der Waals surface area contributed by atoms with Crippen LogP contribution in [-0.4, -0.2) is 15.0 Å². The van der Waals surface area contributed by atoms with E-state index in [-0.39, 0.29) is 0 Å². The van der Waals surface area contributed by atoms with Crippen LogP contribution in [-0.2, 0) is 0 Å². The fraction of sp³-hybridized carbons (Fsp3) is 0.0714. The number of benzene rings is 1. The highest BCUT2D eigenvalue weighted by molar-refractivity contribution is 5.88. The average Bonchev–Trinajstić information content (AvgIpc) is 2.39. The van der Waals surface area contributed by atoms with Gasteiger partial charge in [0, 0.05) is 11.8 Å². The van der Waals surface area contributed by atoms with Gasteiger partial charge in [-0.1, -0.05) is 30.3 Å². The molecule has 0 spiro atoms. The molecule has 0 fully saturated rings. The van der Waals surface area contributed by atoms with Crippen molar-refractivity contribution in [1.29, 1.82) is 0 Å². The molecule has 0 unspecified atom stereocenters. The standard InChI is InChI=1S/C14H11N3/c1-10-16-12-8-5-9-15-14(12)13(17-10)11-6-3-2-4-7-11/h2-9H,1H3. The lowest BCUT2D eigenvalue weighted by Crippen LogP contribution is -1.95. The lowest BCUT2D eigenvalue weighted by atomic mass is 10.1. The third kappa shape index (κ3) is 1.76. The molecule has 2 aromatic heterocycles. The summed E-state index contributed by atoms with van der Waals surface area (Å²) in [5.41, 5.74) is 3.71. The zero-order valence-corrected chi connectivity index (χ0v) is 9.46. The second kappa shape index (κ2) is 3.94. The van der Waals surface area contributed by atoms with Crippen LogP contribution in [0.4, 0.5) is 0 Å². The van der Waals surface area contributed by atoms with Crippen LogP contribution < -0.4 is 0 Å². The molecule has 0 radical (unpaired) electrons. The van der Waals surface area contributed by atoms with Crippen molar-refractivity contribution in [3.63, 3.8) is 0 Å². The first-order valence-electron chi connectivity index (χ1n) is 5.49. The molecule has 0 saturated carbocycles. The number of hydrogen-bond acceptors (Lipinski definition) is 3. The third-order valence-electron chi connectivity index (χ3n) is 2.61. The molecule has 2 heterocycles. The van der Waals surface area contributed by atoms with Gasteiger partial charge in [-0.05, 0) is 19.1 Å². The van der Waals surface area contributed by atoms with Crippen molar-refractivity contribution >= 4 is 11.0 Å². The quantitative estimate of drug-likeness (QED) is 0.634. The zero-order valence-electron chi connectivity index (χ0n) is 9.46. The minimum atomic E-state index is 0.768. The highest BCUT2D eigenvalue weighted by Gasteiger charge is 2.08. The number of pyridine rings is 1. The first kappa shape index (κ1) is 9.90. The van der Waals surface area contributed by atoms with Gasteiger partial charge < -0.3 is 0 Å². The molecular weight excluding hydrogens is 210 g/mol. The smallest absolute Gasteiger partial charge is 0.126 e. The maximum atomic E-state index is 4.50. The summed E-state index contributed by atoms with van der Waals surface area (Å²) in [5, 5.41) is 0. The molecule has 0 bridgehead atoms. The van der Waals surface area contributed by atoms with Gasteiger partial charge in [0.15, 0.2) is 0 Å². The molecule has 0 atom stereocenters. The highest BCUT2D eigenvalue weighted by atomic mass is 14.9. The Balaban J connectivity index is 2.36. The molecule has 0 aliphatic rings. The first-order valence-corrected chi connectivity index (χ1v) is 5.49. The molecule has 3 aromatic rings. The monoisotopic (exact) mass is 221 g/mol. The fourth-order valence-electron chi connectivity index (χ4n) is 1.88. The molecule has 0 amide bonds. The number of nitrogens with zero attached hydrogens (tertiary/aromatic N) is 3. The third-order valence-corrected chi connectivity index (χ3v) is 2.61. The van der Waals surface area contributed by atoms with Crippen molar-refractivity contribution in [3.8, 4) is 11.3 Å². The first-order chi connectivity index (χ1) is 8.34. The van der Waals surface area contributed by atoms with E-state index < -0.39 is 0 Å². The van der Waals surface area contributed by atoms with Crippen LogP contribution >= 0.6 is 0 Å². The van der Waals surface area contributed by atoms with E-state index >= 15 is 0 Å². The van der Waals surface area contributed by atoms with Crippen LogP contribution in [0.15, 0.2) is 48.7 Å². The van der Waals surface area contributed by atoms with E-state index in [0.29, 0.717) is 0 Å². The minimum absolute atomic E-state index is 0.768. The average molecular weight is 221 g/mol. The van der Waals surface area contributed by atoms with Crippen LogP contribution in [0.2, 0.25) is 0 Å². The molecular formula is C14H11N3. The lowest BCUT2D eigenvalue weighted by Gasteiger charge is -2.05. The van der Waals surface area contributed by atoms with Crippen molar-refractivity contribution in [3.05, 3.63) is 54.5 Å². The molecule has 3 rings (SSSR count). The van der Waals surface area contributed by atoms with Gasteiger partial charge in [0.1, 0.15) is 17.0 Å². The van der Waals surface area contributed by atoms with E-state index in [9.17, 15) is 0 Å². The molecule has 1 aromatic carbocycles. The topological polar surface area (TPSA) is 38.7 Å². The van der Waals surface area contributed by atoms with Crippen molar-refractivity contribution in [2.24, 2.45) is 0 Å². The molecule has 0 aliphatic carbocycles. The number of rotatable bonds is 1. The Morgan fingerprint density at radius 2 is 1.71 bits per heavy atom. The zero-order chi connectivity index (χ0) is 11.7. The summed E-state index contributed by atoms with van der Waals surface area (Å²) in [5.74, 6) is 0.768. The van der Waals surface area contributed by atoms with E-state index in [1.54, 1.807) is 6.20 Å². The molecule has 3 heteroatoms. The highest BCUT2D eigenvalue weighted by Crippen LogP contribution is 2.23. The van der Waals surface area contributed by atoms with Gasteiger partial charge in [-0.2, -0.15) is 0 Å². The predicted octanol–water partition coefficient (Wildman–Crippen LogP) is 3.00. The second-order valence-electron chi connectivity index (χ2n) is 3.86. The summed E-state index contributed by atoms with van der Waals surface area (Å²) >= 11 is 0. The summed E-state index contributed by atoms with van der Waals surface area (Å²) in [4.78, 5) is 13.3. The Hall–Kier alpha value is -2.29. The van der Waals surface area contributed by atoms with Crippen molar-refractivity contribution in [1.82, 2.24) is 15.0 Å². The van der Waals surface area contributed by atoms with E-state index in [1.165, 1.54) is 0 Å². The van der Waals surface area contributed by atoms with Crippen molar-refractivity contribution in [2.45, 2.75) is 6.92 Å². The van der Waals surface area contributed by atoms with E-state index in [4.69, 9.17) is 0 Å². The van der Waals surface area contributed by atoms with Crippen LogP contribution in [0.5, 0.6) is 0 Å². The Kier molecular flexibility index (Phi) is 2.29. The Morgan fingerprint density at radius 3 is 2.53 bits per heavy atom. The molecule has 0 saturated heterocycles. The van der Waals surface area contributed by atoms with E-state index in [2.05, 4.69) is 15.0 Å². The minimum Gasteiger partial charge on any atom is -0.252 e. The van der Waals surface area contributed by atoms with Crippen LogP contribution in [0.1, 0.15) is 5.82 Å². The van der Waals surface area contributed by atoms with Crippen LogP contribution in [0.25, 0.3) is 22.3 Å². The fourth-order valence-corrected chi connectivity index (χ4v) is 1.88. The van der Waals surface area contributed by atoms with E-state index in [1.807, 2.05) is 49.4 Å². The molecule has 17 heavy (non-hydrogen) atoms. The Bertz CT molecular complexity index is 663. The molecule has 0 aliphatic heterocycles. The maximum absolute atomic E-state index is 4.50. The summed E-state index contributed by atoms with van der Waals surface area (Å²) < 4.78 is 0. The Labute approximate surface area is 99.2 Å². The summed E-state index contributed by atoms with van der Waals surface area (Å²) in [7, 11) is 0. The van der Waals surface area contributed by atoms with Crippen LogP contribution in [0, 0.1) is 6.92 Å². The summed E-state index contributed by atoms with van der Waals surface area (Å²) in [6, 6.07) is 13.9. The lowest BCUT2D eigenvalue weighted by molar-refractivity contribution is 1.09. The summed E-state index contributed by atoms with van der Waals surface area (Å²) in [6.07, 6.45) is 1.77. The number of fused-ring (bicyclic) bond motifs is 1. The number of aromatic nitrogens is 3. The molecule has 3 nitrogen and oxygen atoms in total. The largest absolute Gasteiger partial charge is 0.252 e. The van der Waals surface area contributed by atoms with E-state index in [0.717, 1.165) is 28.1 Å². The normalized spacial score (nSPS) is 10.6. The summed E-state index contributed by atoms with van der Waals surface area (Å²) in [6.45, 7) is 1.90. The second-order valence-corrected chi connectivity index (χ2v) is 3.86. The van der Waals surface area contributed by atoms with Crippen molar-refractivity contribution < 1.29 is 0 Å². The predicted molar refractivity (Wildman–Crippen MR) is 67.5 cm³/mol. The number of hydrogen-bond donors (Lipinski definition) is 0. The van der Waals surface area contributed by atoms with Gasteiger partial charge in [0.2, 0.25) is 0 Å². The van der Waals surface area contributed by atoms with Gasteiger partial charge in [0.25, 0.3) is 0 Å².